The van der Waals surface area contributed by atoms with Crippen LogP contribution >= 0.6 is 0 Å². The topological polar surface area (TPSA) is 102 Å². The lowest BCUT2D eigenvalue weighted by Crippen LogP contribution is -2.39. The quantitative estimate of drug-likeness (QED) is 0.735. The fourth-order valence-corrected chi connectivity index (χ4v) is 4.06. The second-order valence-electron chi connectivity index (χ2n) is 5.29. The van der Waals surface area contributed by atoms with Gasteiger partial charge in [-0.3, -0.25) is 4.79 Å². The first-order valence-corrected chi connectivity index (χ1v) is 9.23. The van der Waals surface area contributed by atoms with Crippen molar-refractivity contribution in [2.45, 2.75) is 19.4 Å². The van der Waals surface area contributed by atoms with Crippen molar-refractivity contribution >= 4 is 27.4 Å². The Morgan fingerprint density at radius 1 is 1.30 bits per heavy atom. The zero-order valence-electron chi connectivity index (χ0n) is 12.9. The van der Waals surface area contributed by atoms with Crippen LogP contribution in [0, 0.1) is 0 Å². The van der Waals surface area contributed by atoms with Crippen LogP contribution in [0.1, 0.15) is 23.7 Å². The molecule has 1 aromatic rings. The Morgan fingerprint density at radius 2 is 2.04 bits per heavy atom. The summed E-state index contributed by atoms with van der Waals surface area (Å²) in [5.41, 5.74) is 0.853. The van der Waals surface area contributed by atoms with E-state index in [2.05, 4.69) is 10.6 Å². The van der Waals surface area contributed by atoms with Gasteiger partial charge in [-0.05, 0) is 25.5 Å². The van der Waals surface area contributed by atoms with E-state index < -0.39 is 15.8 Å². The van der Waals surface area contributed by atoms with Gasteiger partial charge in [0.25, 0.3) is 0 Å². The molecule has 1 aromatic carbocycles. The number of amides is 1. The maximum Gasteiger partial charge on any atom is 0.340 e. The molecule has 0 aliphatic carbocycles. The molecule has 1 fully saturated rings. The Balaban J connectivity index is 1.91. The van der Waals surface area contributed by atoms with E-state index in [4.69, 9.17) is 4.74 Å². The Labute approximate surface area is 135 Å². The van der Waals surface area contributed by atoms with Gasteiger partial charge in [0, 0.05) is 11.7 Å². The zero-order valence-corrected chi connectivity index (χ0v) is 13.7. The van der Waals surface area contributed by atoms with E-state index in [0.29, 0.717) is 17.7 Å². The molecule has 2 N–H and O–H groups in total. The normalized spacial score (nSPS) is 19.1. The van der Waals surface area contributed by atoms with Gasteiger partial charge in [-0.15, -0.1) is 0 Å². The van der Waals surface area contributed by atoms with Crippen LogP contribution < -0.4 is 10.6 Å². The molecule has 1 aliphatic rings. The van der Waals surface area contributed by atoms with Gasteiger partial charge in [0.2, 0.25) is 5.91 Å². The number of esters is 1. The lowest BCUT2D eigenvalue weighted by atomic mass is 10.2. The lowest BCUT2D eigenvalue weighted by molar-refractivity contribution is -0.119. The fraction of sp³-hybridized carbons (Fsp3) is 0.467. The number of nitrogens with one attached hydrogen (secondary N) is 2. The van der Waals surface area contributed by atoms with E-state index in [0.717, 1.165) is 0 Å². The van der Waals surface area contributed by atoms with Crippen molar-refractivity contribution in [3.05, 3.63) is 29.8 Å². The number of hydrogen-bond acceptors (Lipinski definition) is 6. The predicted molar refractivity (Wildman–Crippen MR) is 86.1 cm³/mol. The molecule has 1 unspecified atom stereocenters. The van der Waals surface area contributed by atoms with Crippen LogP contribution in [0.25, 0.3) is 0 Å². The fourth-order valence-electron chi connectivity index (χ4n) is 2.39. The smallest absolute Gasteiger partial charge is 0.340 e. The van der Waals surface area contributed by atoms with Gasteiger partial charge in [-0.2, -0.15) is 0 Å². The summed E-state index contributed by atoms with van der Waals surface area (Å²) in [6, 6.07) is 6.41. The van der Waals surface area contributed by atoms with Crippen molar-refractivity contribution in [1.29, 1.82) is 0 Å². The highest BCUT2D eigenvalue weighted by Gasteiger charge is 2.28. The number of sulfone groups is 1. The minimum absolute atomic E-state index is 0.0157. The van der Waals surface area contributed by atoms with Crippen LogP contribution in [0.2, 0.25) is 0 Å². The summed E-state index contributed by atoms with van der Waals surface area (Å²) in [5.74, 6) is -0.682. The first-order valence-electron chi connectivity index (χ1n) is 7.41. The summed E-state index contributed by atoms with van der Waals surface area (Å²) >= 11 is 0. The third-order valence-corrected chi connectivity index (χ3v) is 5.23. The molecule has 0 saturated carbocycles. The van der Waals surface area contributed by atoms with E-state index in [1.807, 2.05) is 0 Å². The largest absolute Gasteiger partial charge is 0.462 e. The molecule has 0 radical (unpaired) electrons. The van der Waals surface area contributed by atoms with Crippen LogP contribution in [0.5, 0.6) is 0 Å². The SMILES string of the molecule is CCOC(=O)c1ccccc1NCC(=O)NC1CCS(=O)(=O)C1. The molecule has 2 rings (SSSR count). The number of ether oxygens (including phenoxy) is 1. The average molecular weight is 340 g/mol. The molecule has 1 heterocycles. The molecule has 1 aliphatic heterocycles. The monoisotopic (exact) mass is 340 g/mol. The summed E-state index contributed by atoms with van der Waals surface area (Å²) in [6.07, 6.45) is 0.438. The molecule has 1 amide bonds. The maximum absolute atomic E-state index is 11.9. The van der Waals surface area contributed by atoms with Crippen molar-refractivity contribution in [2.24, 2.45) is 0 Å². The van der Waals surface area contributed by atoms with Gasteiger partial charge >= 0.3 is 5.97 Å². The number of carbonyl (C=O) groups is 2. The highest BCUT2D eigenvalue weighted by molar-refractivity contribution is 7.91. The van der Waals surface area contributed by atoms with Crippen LogP contribution in [0.3, 0.4) is 0 Å². The summed E-state index contributed by atoms with van der Waals surface area (Å²) in [7, 11) is -3.03. The van der Waals surface area contributed by atoms with Crippen molar-refractivity contribution in [1.82, 2.24) is 5.32 Å². The highest BCUT2D eigenvalue weighted by Crippen LogP contribution is 2.16. The second-order valence-corrected chi connectivity index (χ2v) is 7.52. The number of anilines is 1. The van der Waals surface area contributed by atoms with Gasteiger partial charge in [-0.25, -0.2) is 13.2 Å². The van der Waals surface area contributed by atoms with E-state index >= 15 is 0 Å². The van der Waals surface area contributed by atoms with Crippen LogP contribution in [-0.2, 0) is 19.4 Å². The molecular weight excluding hydrogens is 320 g/mol. The summed E-state index contributed by atoms with van der Waals surface area (Å²) in [6.45, 7) is 1.94. The van der Waals surface area contributed by atoms with E-state index in [1.165, 1.54) is 0 Å². The zero-order chi connectivity index (χ0) is 16.9. The summed E-state index contributed by atoms with van der Waals surface area (Å²) < 4.78 is 27.7. The first kappa shape index (κ1) is 17.3. The first-order chi connectivity index (χ1) is 10.9. The molecule has 0 aromatic heterocycles. The lowest BCUT2D eigenvalue weighted by Gasteiger charge is -2.13. The predicted octanol–water partition coefficient (Wildman–Crippen LogP) is 0.579. The van der Waals surface area contributed by atoms with Gasteiger partial charge in [0.15, 0.2) is 9.84 Å². The minimum Gasteiger partial charge on any atom is -0.462 e. The highest BCUT2D eigenvalue weighted by atomic mass is 32.2. The van der Waals surface area contributed by atoms with E-state index in [-0.39, 0.29) is 36.6 Å². The van der Waals surface area contributed by atoms with Crippen molar-refractivity contribution in [3.63, 3.8) is 0 Å². The Hall–Kier alpha value is -2.09. The van der Waals surface area contributed by atoms with Crippen LogP contribution in [0.4, 0.5) is 5.69 Å². The molecule has 0 spiro atoms. The Kier molecular flexibility index (Phi) is 5.59. The number of hydrogen-bond donors (Lipinski definition) is 2. The van der Waals surface area contributed by atoms with Crippen molar-refractivity contribution in [3.8, 4) is 0 Å². The molecule has 1 atom stereocenters. The number of para-hydroxylation sites is 1. The molecule has 23 heavy (non-hydrogen) atoms. The Morgan fingerprint density at radius 3 is 2.70 bits per heavy atom. The number of rotatable bonds is 6. The van der Waals surface area contributed by atoms with Crippen molar-refractivity contribution in [2.75, 3.05) is 30.0 Å². The average Bonchev–Trinajstić information content (AvgIpc) is 2.84. The third-order valence-electron chi connectivity index (χ3n) is 3.46. The van der Waals surface area contributed by atoms with Gasteiger partial charge in [0.05, 0.1) is 30.2 Å². The summed E-state index contributed by atoms with van der Waals surface area (Å²) in [4.78, 5) is 23.7. The Bertz CT molecular complexity index is 687. The van der Waals surface area contributed by atoms with Gasteiger partial charge in [0.1, 0.15) is 0 Å². The van der Waals surface area contributed by atoms with Gasteiger partial charge < -0.3 is 15.4 Å². The van der Waals surface area contributed by atoms with E-state index in [9.17, 15) is 18.0 Å². The minimum atomic E-state index is -3.03. The third kappa shape index (κ3) is 4.95. The second kappa shape index (κ2) is 7.45. The molecule has 1 saturated heterocycles. The van der Waals surface area contributed by atoms with Crippen LogP contribution in [0.15, 0.2) is 24.3 Å². The van der Waals surface area contributed by atoms with Crippen molar-refractivity contribution < 1.29 is 22.7 Å². The van der Waals surface area contributed by atoms with E-state index in [1.54, 1.807) is 31.2 Å². The molecule has 7 nitrogen and oxygen atoms in total. The molecule has 8 heteroatoms. The standard InChI is InChI=1S/C15H20N2O5S/c1-2-22-15(19)12-5-3-4-6-13(12)16-9-14(18)17-11-7-8-23(20,21)10-11/h3-6,11,16H,2,7-10H2,1H3,(H,17,18). The molecule has 126 valence electrons. The number of carbonyl (C=O) groups excluding carboxylic acids is 2. The molecular formula is C15H20N2O5S. The van der Waals surface area contributed by atoms with Crippen LogP contribution in [-0.4, -0.2) is 51.0 Å². The number of benzene rings is 1. The van der Waals surface area contributed by atoms with Gasteiger partial charge in [-0.1, -0.05) is 12.1 Å². The molecule has 0 bridgehead atoms. The maximum atomic E-state index is 11.9. The summed E-state index contributed by atoms with van der Waals surface area (Å²) in [5, 5.41) is 5.57.